The van der Waals surface area contributed by atoms with Crippen molar-refractivity contribution in [2.45, 2.75) is 26.7 Å². The minimum absolute atomic E-state index is 0.0728. The Bertz CT molecular complexity index is 484. The number of ether oxygens (including phenoxy) is 1. The second kappa shape index (κ2) is 7.36. The van der Waals surface area contributed by atoms with Gasteiger partial charge in [-0.15, -0.1) is 0 Å². The monoisotopic (exact) mass is 411 g/mol. The van der Waals surface area contributed by atoms with Crippen LogP contribution in [0.3, 0.4) is 0 Å². The normalized spacial score (nSPS) is 11.4. The predicted octanol–water partition coefficient (Wildman–Crippen LogP) is 5.08. The summed E-state index contributed by atoms with van der Waals surface area (Å²) < 4.78 is 19.1. The van der Waals surface area contributed by atoms with Crippen LogP contribution >= 0.6 is 31.9 Å². The van der Waals surface area contributed by atoms with Crippen LogP contribution in [0.4, 0.5) is 10.1 Å². The van der Waals surface area contributed by atoms with Crippen LogP contribution in [0.1, 0.15) is 26.7 Å². The Hall–Kier alpha value is -0.690. The van der Waals surface area contributed by atoms with Gasteiger partial charge in [0, 0.05) is 10.7 Å². The molecule has 0 radical (unpaired) electrons. The highest BCUT2D eigenvalue weighted by atomic mass is 79.9. The van der Waals surface area contributed by atoms with Crippen molar-refractivity contribution in [3.63, 3.8) is 0 Å². The van der Waals surface area contributed by atoms with Gasteiger partial charge in [0.05, 0.1) is 22.1 Å². The molecule has 0 atom stereocenters. The van der Waals surface area contributed by atoms with E-state index in [1.54, 1.807) is 0 Å². The van der Waals surface area contributed by atoms with E-state index in [0.717, 1.165) is 30.3 Å². The molecule has 0 spiro atoms. The summed E-state index contributed by atoms with van der Waals surface area (Å²) in [5.74, 6) is -0.600. The van der Waals surface area contributed by atoms with Crippen molar-refractivity contribution in [3.05, 3.63) is 32.5 Å². The molecule has 0 heterocycles. The van der Waals surface area contributed by atoms with Crippen molar-refractivity contribution in [1.82, 2.24) is 0 Å². The first-order valence-electron chi connectivity index (χ1n) is 6.21. The summed E-state index contributed by atoms with van der Waals surface area (Å²) in [6.07, 6.45) is 1.75. The molecule has 0 N–H and O–H groups in total. The number of halogens is 3. The molecule has 1 rings (SSSR count). The third kappa shape index (κ3) is 3.91. The average Bonchev–Trinajstić information content (AvgIpc) is 2.41. The highest BCUT2D eigenvalue weighted by Crippen LogP contribution is 2.38. The standard InChI is InChI=1S/C13H16Br2FNO3/c1-3-13(4-2,7-14)8-20-12-10(15)5-9(16)6-11(12)17(18)19/h5-6H,3-4,7-8H2,1-2H3. The Balaban J connectivity index is 3.06. The van der Waals surface area contributed by atoms with Crippen LogP contribution in [-0.4, -0.2) is 16.9 Å². The van der Waals surface area contributed by atoms with Gasteiger partial charge < -0.3 is 4.74 Å². The van der Waals surface area contributed by atoms with Crippen molar-refractivity contribution in [2.24, 2.45) is 5.41 Å². The van der Waals surface area contributed by atoms with Gasteiger partial charge >= 0.3 is 5.69 Å². The van der Waals surface area contributed by atoms with Crippen molar-refractivity contribution < 1.29 is 14.1 Å². The van der Waals surface area contributed by atoms with Crippen LogP contribution in [0.2, 0.25) is 0 Å². The van der Waals surface area contributed by atoms with Gasteiger partial charge in [-0.25, -0.2) is 4.39 Å². The highest BCUT2D eigenvalue weighted by Gasteiger charge is 2.28. The number of nitro benzene ring substituents is 1. The lowest BCUT2D eigenvalue weighted by Crippen LogP contribution is -2.29. The van der Waals surface area contributed by atoms with E-state index in [0.29, 0.717) is 6.61 Å². The van der Waals surface area contributed by atoms with Crippen LogP contribution in [-0.2, 0) is 0 Å². The van der Waals surface area contributed by atoms with Crippen LogP contribution < -0.4 is 4.74 Å². The lowest BCUT2D eigenvalue weighted by molar-refractivity contribution is -0.386. The first-order valence-corrected chi connectivity index (χ1v) is 8.12. The van der Waals surface area contributed by atoms with Crippen molar-refractivity contribution >= 4 is 37.5 Å². The summed E-state index contributed by atoms with van der Waals surface area (Å²) in [7, 11) is 0. The summed E-state index contributed by atoms with van der Waals surface area (Å²) in [5, 5.41) is 11.7. The number of nitrogens with zero attached hydrogens (tertiary/aromatic N) is 1. The van der Waals surface area contributed by atoms with Crippen molar-refractivity contribution in [3.8, 4) is 5.75 Å². The summed E-state index contributed by atoms with van der Waals surface area (Å²) in [6, 6.07) is 2.03. The SMILES string of the molecule is CCC(CC)(CBr)COc1c(Br)cc(F)cc1[N+](=O)[O-]. The Morgan fingerprint density at radius 1 is 1.40 bits per heavy atom. The Morgan fingerprint density at radius 2 is 2.00 bits per heavy atom. The largest absolute Gasteiger partial charge is 0.485 e. The maximum atomic E-state index is 13.2. The lowest BCUT2D eigenvalue weighted by Gasteiger charge is -2.29. The summed E-state index contributed by atoms with van der Waals surface area (Å²) in [5.41, 5.74) is -0.464. The molecule has 0 aliphatic carbocycles. The molecule has 0 unspecified atom stereocenters. The summed E-state index contributed by atoms with van der Waals surface area (Å²) in [4.78, 5) is 10.3. The Morgan fingerprint density at radius 3 is 2.45 bits per heavy atom. The third-order valence-electron chi connectivity index (χ3n) is 3.49. The fraction of sp³-hybridized carbons (Fsp3) is 0.538. The molecule has 7 heteroatoms. The van der Waals surface area contributed by atoms with E-state index in [1.807, 2.05) is 13.8 Å². The van der Waals surface area contributed by atoms with E-state index in [4.69, 9.17) is 4.74 Å². The molecular weight excluding hydrogens is 397 g/mol. The third-order valence-corrected chi connectivity index (χ3v) is 5.27. The summed E-state index contributed by atoms with van der Waals surface area (Å²) in [6.45, 7) is 4.42. The number of benzene rings is 1. The van der Waals surface area contributed by atoms with Gasteiger partial charge in [0.15, 0.2) is 0 Å². The zero-order chi connectivity index (χ0) is 15.3. The van der Waals surface area contributed by atoms with Crippen molar-refractivity contribution in [2.75, 3.05) is 11.9 Å². The topological polar surface area (TPSA) is 52.4 Å². The number of rotatable bonds is 7. The molecule has 1 aromatic carbocycles. The van der Waals surface area contributed by atoms with Gasteiger partial charge in [-0.2, -0.15) is 0 Å². The van der Waals surface area contributed by atoms with Gasteiger partial charge in [-0.05, 0) is 34.8 Å². The van der Waals surface area contributed by atoms with Gasteiger partial charge in [0.2, 0.25) is 5.75 Å². The number of hydrogen-bond acceptors (Lipinski definition) is 3. The molecule has 0 bridgehead atoms. The van der Waals surface area contributed by atoms with Gasteiger partial charge in [-0.3, -0.25) is 10.1 Å². The van der Waals surface area contributed by atoms with Gasteiger partial charge in [0.25, 0.3) is 0 Å². The zero-order valence-corrected chi connectivity index (χ0v) is 14.5. The maximum Gasteiger partial charge on any atom is 0.315 e. The van der Waals surface area contributed by atoms with Gasteiger partial charge in [0.1, 0.15) is 5.82 Å². The minimum atomic E-state index is -0.673. The quantitative estimate of drug-likeness (QED) is 0.356. The van der Waals surface area contributed by atoms with Crippen LogP contribution in [0.25, 0.3) is 0 Å². The average molecular weight is 413 g/mol. The molecular formula is C13H16Br2FNO3. The molecule has 0 fully saturated rings. The highest BCUT2D eigenvalue weighted by molar-refractivity contribution is 9.10. The summed E-state index contributed by atoms with van der Waals surface area (Å²) >= 11 is 6.58. The van der Waals surface area contributed by atoms with Crippen LogP contribution in [0.15, 0.2) is 16.6 Å². The Kier molecular flexibility index (Phi) is 6.39. The minimum Gasteiger partial charge on any atom is -0.485 e. The first-order chi connectivity index (χ1) is 9.39. The smallest absolute Gasteiger partial charge is 0.315 e. The van der Waals surface area contributed by atoms with E-state index in [-0.39, 0.29) is 21.3 Å². The van der Waals surface area contributed by atoms with Gasteiger partial charge in [-0.1, -0.05) is 29.8 Å². The second-order valence-electron chi connectivity index (χ2n) is 4.62. The Labute approximate surface area is 134 Å². The molecule has 112 valence electrons. The predicted molar refractivity (Wildman–Crippen MR) is 83.1 cm³/mol. The first kappa shape index (κ1) is 17.4. The fourth-order valence-electron chi connectivity index (χ4n) is 1.73. The lowest BCUT2D eigenvalue weighted by atomic mass is 9.86. The molecule has 0 saturated carbocycles. The molecule has 0 saturated heterocycles. The molecule has 0 aliphatic rings. The maximum absolute atomic E-state index is 13.2. The number of alkyl halides is 1. The second-order valence-corrected chi connectivity index (χ2v) is 6.04. The van der Waals surface area contributed by atoms with E-state index in [1.165, 1.54) is 0 Å². The number of nitro groups is 1. The van der Waals surface area contributed by atoms with Crippen LogP contribution in [0, 0.1) is 21.3 Å². The van der Waals surface area contributed by atoms with Crippen molar-refractivity contribution in [1.29, 1.82) is 0 Å². The zero-order valence-electron chi connectivity index (χ0n) is 11.3. The molecule has 0 aliphatic heterocycles. The molecule has 20 heavy (non-hydrogen) atoms. The molecule has 1 aromatic rings. The fourth-order valence-corrected chi connectivity index (χ4v) is 3.22. The molecule has 0 amide bonds. The molecule has 4 nitrogen and oxygen atoms in total. The van der Waals surface area contributed by atoms with E-state index in [9.17, 15) is 14.5 Å². The molecule has 0 aromatic heterocycles. The van der Waals surface area contributed by atoms with E-state index < -0.39 is 10.7 Å². The number of hydrogen-bond donors (Lipinski definition) is 0. The van der Waals surface area contributed by atoms with Crippen LogP contribution in [0.5, 0.6) is 5.75 Å². The van der Waals surface area contributed by atoms with E-state index in [2.05, 4.69) is 31.9 Å². The van der Waals surface area contributed by atoms with E-state index >= 15 is 0 Å².